The fourth-order valence-electron chi connectivity index (χ4n) is 0.948. The van der Waals surface area contributed by atoms with E-state index in [-0.39, 0.29) is 4.75 Å². The predicted molar refractivity (Wildman–Crippen MR) is 73.0 cm³/mol. The fourth-order valence-corrected chi connectivity index (χ4v) is 2.40. The van der Waals surface area contributed by atoms with E-state index in [1.165, 1.54) is 5.56 Å². The summed E-state index contributed by atoms with van der Waals surface area (Å²) in [6, 6.07) is 8.28. The molecule has 0 nitrogen and oxygen atoms in total. The summed E-state index contributed by atoms with van der Waals surface area (Å²) in [5.41, 5.74) is 2.35. The summed E-state index contributed by atoms with van der Waals surface area (Å²) in [4.78, 5) is 0. The van der Waals surface area contributed by atoms with Crippen LogP contribution in [0.15, 0.2) is 24.3 Å². The molecular weight excluding hydrogens is 220 g/mol. The lowest BCUT2D eigenvalue weighted by Crippen LogP contribution is -2.03. The molecule has 0 saturated carbocycles. The largest absolute Gasteiger partial charge is 0.0745 e. The van der Waals surface area contributed by atoms with Gasteiger partial charge < -0.3 is 0 Å². The second-order valence-corrected chi connectivity index (χ2v) is 7.14. The summed E-state index contributed by atoms with van der Waals surface area (Å²) in [5.74, 6) is 3.15. The maximum Gasteiger partial charge on any atom is 0.0257 e. The Labute approximate surface area is 101 Å². The molecule has 2 heteroatoms. The molecule has 0 aliphatic heterocycles. The van der Waals surface area contributed by atoms with E-state index in [0.717, 1.165) is 5.56 Å². The molecule has 0 saturated heterocycles. The Morgan fingerprint density at radius 3 is 2.53 bits per heavy atom. The Balaban J connectivity index is 2.52. The Morgan fingerprint density at radius 2 is 1.93 bits per heavy atom. The third-order valence-electron chi connectivity index (χ3n) is 1.55. The van der Waals surface area contributed by atoms with Crippen LogP contribution in [0.4, 0.5) is 0 Å². The van der Waals surface area contributed by atoms with Crippen molar-refractivity contribution in [3.8, 4) is 11.2 Å². The van der Waals surface area contributed by atoms with Crippen molar-refractivity contribution >= 4 is 21.6 Å². The quantitative estimate of drug-likeness (QED) is 0.521. The smallest absolute Gasteiger partial charge is 0.0257 e. The van der Waals surface area contributed by atoms with E-state index in [1.807, 2.05) is 12.1 Å². The van der Waals surface area contributed by atoms with Gasteiger partial charge in [0, 0.05) is 10.3 Å². The first-order valence-corrected chi connectivity index (χ1v) is 7.05. The summed E-state index contributed by atoms with van der Waals surface area (Å²) in [6.45, 7) is 8.67. The van der Waals surface area contributed by atoms with Gasteiger partial charge in [-0.25, -0.2) is 0 Å². The standard InChI is InChI=1S/C13H16S2/c1-11-6-5-7-12(10-11)8-9-14-15-13(2,3)4/h5-7,10H,1-4H3. The Hall–Kier alpha value is -0.520. The Bertz CT molecular complexity index is 378. The van der Waals surface area contributed by atoms with Crippen LogP contribution >= 0.6 is 21.6 Å². The average Bonchev–Trinajstić information content (AvgIpc) is 2.11. The highest BCUT2D eigenvalue weighted by atomic mass is 33.1. The summed E-state index contributed by atoms with van der Waals surface area (Å²) < 4.78 is 0.270. The molecule has 15 heavy (non-hydrogen) atoms. The van der Waals surface area contributed by atoms with E-state index >= 15 is 0 Å². The number of rotatable bonds is 1. The minimum atomic E-state index is 0.270. The minimum absolute atomic E-state index is 0.270. The highest BCUT2D eigenvalue weighted by Gasteiger charge is 2.09. The molecule has 0 amide bonds. The summed E-state index contributed by atoms with van der Waals surface area (Å²) in [5, 5.41) is 3.12. The lowest BCUT2D eigenvalue weighted by Gasteiger charge is -2.13. The second kappa shape index (κ2) is 5.53. The van der Waals surface area contributed by atoms with Gasteiger partial charge in [0.25, 0.3) is 0 Å². The van der Waals surface area contributed by atoms with Gasteiger partial charge in [0.2, 0.25) is 0 Å². The first-order valence-electron chi connectivity index (χ1n) is 4.90. The number of hydrogen-bond acceptors (Lipinski definition) is 2. The first-order chi connectivity index (χ1) is 6.97. The van der Waals surface area contributed by atoms with Crippen LogP contribution in [0.3, 0.4) is 0 Å². The molecule has 80 valence electrons. The summed E-state index contributed by atoms with van der Waals surface area (Å²) in [7, 11) is 3.42. The van der Waals surface area contributed by atoms with Gasteiger partial charge in [0.15, 0.2) is 0 Å². The van der Waals surface area contributed by atoms with Gasteiger partial charge in [0.05, 0.1) is 0 Å². The van der Waals surface area contributed by atoms with Gasteiger partial charge >= 0.3 is 0 Å². The van der Waals surface area contributed by atoms with Crippen LogP contribution in [0, 0.1) is 18.1 Å². The van der Waals surface area contributed by atoms with Crippen LogP contribution in [-0.2, 0) is 0 Å². The number of hydrogen-bond donors (Lipinski definition) is 0. The second-order valence-electron chi connectivity index (χ2n) is 4.38. The van der Waals surface area contributed by atoms with E-state index in [0.29, 0.717) is 0 Å². The van der Waals surface area contributed by atoms with E-state index in [4.69, 9.17) is 0 Å². The Morgan fingerprint density at radius 1 is 1.20 bits per heavy atom. The molecule has 0 aliphatic rings. The van der Waals surface area contributed by atoms with E-state index in [9.17, 15) is 0 Å². The molecule has 0 radical (unpaired) electrons. The van der Waals surface area contributed by atoms with E-state index in [1.54, 1.807) is 21.6 Å². The van der Waals surface area contributed by atoms with Crippen LogP contribution in [0.1, 0.15) is 31.9 Å². The van der Waals surface area contributed by atoms with Crippen molar-refractivity contribution in [2.24, 2.45) is 0 Å². The molecule has 0 N–H and O–H groups in total. The molecule has 0 unspecified atom stereocenters. The van der Waals surface area contributed by atoms with Crippen LogP contribution < -0.4 is 0 Å². The van der Waals surface area contributed by atoms with Crippen LogP contribution in [0.25, 0.3) is 0 Å². The van der Waals surface area contributed by atoms with E-state index in [2.05, 4.69) is 51.0 Å². The van der Waals surface area contributed by atoms with Gasteiger partial charge in [-0.05, 0) is 40.7 Å². The van der Waals surface area contributed by atoms with Crippen LogP contribution in [0.5, 0.6) is 0 Å². The molecule has 1 aromatic rings. The lowest BCUT2D eigenvalue weighted by atomic mass is 10.1. The molecule has 0 aromatic heterocycles. The van der Waals surface area contributed by atoms with E-state index < -0.39 is 0 Å². The maximum atomic E-state index is 3.15. The lowest BCUT2D eigenvalue weighted by molar-refractivity contribution is 0.810. The molecule has 0 spiro atoms. The molecule has 0 heterocycles. The zero-order valence-electron chi connectivity index (χ0n) is 9.63. The molecule has 0 bridgehead atoms. The van der Waals surface area contributed by atoms with Crippen molar-refractivity contribution in [2.45, 2.75) is 32.4 Å². The molecule has 0 aliphatic carbocycles. The SMILES string of the molecule is Cc1cccc(C#CSSC(C)(C)C)c1. The van der Waals surface area contributed by atoms with Crippen molar-refractivity contribution in [3.63, 3.8) is 0 Å². The van der Waals surface area contributed by atoms with Crippen molar-refractivity contribution < 1.29 is 0 Å². The Kier molecular flexibility index (Phi) is 4.63. The average molecular weight is 236 g/mol. The van der Waals surface area contributed by atoms with Crippen molar-refractivity contribution in [2.75, 3.05) is 0 Å². The highest BCUT2D eigenvalue weighted by molar-refractivity contribution is 8.79. The van der Waals surface area contributed by atoms with Crippen LogP contribution in [-0.4, -0.2) is 4.75 Å². The molecular formula is C13H16S2. The van der Waals surface area contributed by atoms with Gasteiger partial charge in [-0.3, -0.25) is 0 Å². The number of benzene rings is 1. The molecule has 0 atom stereocenters. The minimum Gasteiger partial charge on any atom is -0.0745 e. The van der Waals surface area contributed by atoms with Crippen LogP contribution in [0.2, 0.25) is 0 Å². The molecule has 1 rings (SSSR count). The fraction of sp³-hybridized carbons (Fsp3) is 0.385. The zero-order valence-corrected chi connectivity index (χ0v) is 11.3. The van der Waals surface area contributed by atoms with Gasteiger partial charge in [0.1, 0.15) is 0 Å². The zero-order chi connectivity index (χ0) is 11.3. The van der Waals surface area contributed by atoms with Gasteiger partial charge in [-0.15, -0.1) is 0 Å². The maximum absolute atomic E-state index is 3.15. The van der Waals surface area contributed by atoms with Crippen molar-refractivity contribution in [1.82, 2.24) is 0 Å². The monoisotopic (exact) mass is 236 g/mol. The topological polar surface area (TPSA) is 0 Å². The van der Waals surface area contributed by atoms with Crippen molar-refractivity contribution in [3.05, 3.63) is 35.4 Å². The molecule has 0 fully saturated rings. The molecule has 1 aromatic carbocycles. The summed E-state index contributed by atoms with van der Waals surface area (Å²) in [6.07, 6.45) is 0. The normalized spacial score (nSPS) is 10.7. The van der Waals surface area contributed by atoms with Gasteiger partial charge in [-0.1, -0.05) is 49.6 Å². The third-order valence-corrected chi connectivity index (χ3v) is 4.32. The predicted octanol–water partition coefficient (Wildman–Crippen LogP) is 4.48. The highest BCUT2D eigenvalue weighted by Crippen LogP contribution is 2.34. The van der Waals surface area contributed by atoms with Crippen molar-refractivity contribution in [1.29, 1.82) is 0 Å². The van der Waals surface area contributed by atoms with Gasteiger partial charge in [-0.2, -0.15) is 0 Å². The third kappa shape index (κ3) is 5.81. The summed E-state index contributed by atoms with van der Waals surface area (Å²) >= 11 is 0. The first kappa shape index (κ1) is 12.5. The number of aryl methyl sites for hydroxylation is 1.